The molecular formula is C34H35F2N6O5Si. The van der Waals surface area contributed by atoms with Gasteiger partial charge < -0.3 is 34.1 Å². The molecule has 1 aliphatic heterocycles. The number of fused-ring (bicyclic) bond motifs is 1. The molecule has 1 fully saturated rings. The monoisotopic (exact) mass is 673 g/mol. The van der Waals surface area contributed by atoms with Crippen LogP contribution in [0.25, 0.3) is 22.2 Å². The third-order valence-electron chi connectivity index (χ3n) is 7.52. The van der Waals surface area contributed by atoms with Gasteiger partial charge in [-0.2, -0.15) is 10.5 Å². The van der Waals surface area contributed by atoms with E-state index in [0.29, 0.717) is 40.1 Å². The number of nitrogens with one attached hydrogen (secondary N) is 2. The summed E-state index contributed by atoms with van der Waals surface area (Å²) in [6.45, 7) is 9.28. The standard InChI is InChI=1S/C34H35F2N6O5Si/c1-21(2)46-28-6-5-22(11-23(28)14-37)25-15-42(20-44-9-10-48(3)4)32-30(25)29(7-8-39-32)47-31-26(35)12-24(13-27(31)36)41-33(43)40-17-34(16-38)18-45-19-34/h5-8,11-13,15,21H,9-10,17-20H2,1-4H3,(H2,40,41,43). The average molecular weight is 674 g/mol. The zero-order valence-electron chi connectivity index (χ0n) is 27.0. The number of hydrogen-bond acceptors (Lipinski definition) is 8. The number of hydrogen-bond donors (Lipinski definition) is 2. The lowest BCUT2D eigenvalue weighted by molar-refractivity contribution is -0.0738. The van der Waals surface area contributed by atoms with Gasteiger partial charge in [0.25, 0.3) is 0 Å². The molecule has 1 aliphatic rings. The lowest BCUT2D eigenvalue weighted by Gasteiger charge is -2.34. The Bertz CT molecular complexity index is 1870. The molecule has 4 aromatic rings. The predicted molar refractivity (Wildman–Crippen MR) is 176 cm³/mol. The molecule has 2 N–H and O–H groups in total. The fraction of sp³-hybridized carbons (Fsp3) is 0.353. The Morgan fingerprint density at radius 3 is 2.52 bits per heavy atom. The van der Waals surface area contributed by atoms with Crippen LogP contribution in [0, 0.1) is 39.7 Å². The number of amides is 2. The van der Waals surface area contributed by atoms with E-state index in [1.54, 1.807) is 29.0 Å². The highest BCUT2D eigenvalue weighted by Crippen LogP contribution is 2.41. The van der Waals surface area contributed by atoms with Crippen molar-refractivity contribution >= 4 is 31.5 Å². The second kappa shape index (κ2) is 14.8. The number of nitrogens with zero attached hydrogens (tertiary/aromatic N) is 4. The summed E-state index contributed by atoms with van der Waals surface area (Å²) in [5.74, 6) is -2.25. The van der Waals surface area contributed by atoms with Crippen molar-refractivity contribution in [1.29, 1.82) is 10.5 Å². The molecular weight excluding hydrogens is 638 g/mol. The lowest BCUT2D eigenvalue weighted by Crippen LogP contribution is -2.50. The molecule has 0 saturated carbocycles. The summed E-state index contributed by atoms with van der Waals surface area (Å²) in [5.41, 5.74) is 1.03. The maximum atomic E-state index is 15.4. The fourth-order valence-corrected chi connectivity index (χ4v) is 5.54. The smallest absolute Gasteiger partial charge is 0.319 e. The Labute approximate surface area is 278 Å². The molecule has 3 heterocycles. The number of rotatable bonds is 13. The number of nitriles is 2. The van der Waals surface area contributed by atoms with Gasteiger partial charge in [-0.3, -0.25) is 0 Å². The number of carbonyl (C=O) groups excluding carboxylic acids is 1. The van der Waals surface area contributed by atoms with E-state index in [4.69, 9.17) is 18.9 Å². The van der Waals surface area contributed by atoms with Crippen molar-refractivity contribution in [1.82, 2.24) is 14.9 Å². The molecule has 0 aliphatic carbocycles. The van der Waals surface area contributed by atoms with E-state index < -0.39 is 37.6 Å². The number of anilines is 1. The van der Waals surface area contributed by atoms with Crippen LogP contribution < -0.4 is 20.1 Å². The van der Waals surface area contributed by atoms with Gasteiger partial charge in [-0.15, -0.1) is 0 Å². The molecule has 48 heavy (non-hydrogen) atoms. The van der Waals surface area contributed by atoms with E-state index in [2.05, 4.69) is 40.9 Å². The summed E-state index contributed by atoms with van der Waals surface area (Å²) in [6, 6.07) is 13.1. The Balaban J connectivity index is 1.46. The molecule has 5 rings (SSSR count). The van der Waals surface area contributed by atoms with E-state index in [-0.39, 0.29) is 44.0 Å². The zero-order chi connectivity index (χ0) is 34.4. The van der Waals surface area contributed by atoms with Gasteiger partial charge in [-0.25, -0.2) is 18.6 Å². The van der Waals surface area contributed by atoms with Gasteiger partial charge in [0.1, 0.15) is 35.4 Å². The highest BCUT2D eigenvalue weighted by atomic mass is 28.3. The third-order valence-corrected chi connectivity index (χ3v) is 8.72. The minimum absolute atomic E-state index is 0.0227. The van der Waals surface area contributed by atoms with Crippen LogP contribution in [0.5, 0.6) is 17.2 Å². The normalized spacial score (nSPS) is 13.5. The van der Waals surface area contributed by atoms with E-state index in [9.17, 15) is 15.3 Å². The summed E-state index contributed by atoms with van der Waals surface area (Å²) >= 11 is 0. The number of aromatic nitrogens is 2. The summed E-state index contributed by atoms with van der Waals surface area (Å²) < 4.78 is 55.3. The molecule has 249 valence electrons. The lowest BCUT2D eigenvalue weighted by atomic mass is 9.88. The first-order valence-electron chi connectivity index (χ1n) is 15.3. The van der Waals surface area contributed by atoms with Crippen molar-refractivity contribution in [2.45, 2.75) is 45.8 Å². The first-order valence-corrected chi connectivity index (χ1v) is 18.0. The van der Waals surface area contributed by atoms with Crippen LogP contribution in [-0.4, -0.2) is 56.8 Å². The fourth-order valence-electron chi connectivity index (χ4n) is 4.99. The predicted octanol–water partition coefficient (Wildman–Crippen LogP) is 6.82. The number of carbonyl (C=O) groups is 1. The third kappa shape index (κ3) is 7.74. The quantitative estimate of drug-likeness (QED) is 0.116. The summed E-state index contributed by atoms with van der Waals surface area (Å²) in [6.07, 6.45) is 3.13. The van der Waals surface area contributed by atoms with Crippen molar-refractivity contribution in [3.8, 4) is 40.5 Å². The van der Waals surface area contributed by atoms with Gasteiger partial charge in [-0.05, 0) is 43.7 Å². The van der Waals surface area contributed by atoms with Crippen LogP contribution >= 0.6 is 0 Å². The van der Waals surface area contributed by atoms with E-state index >= 15 is 8.78 Å². The summed E-state index contributed by atoms with van der Waals surface area (Å²) in [7, 11) is -0.482. The number of halogens is 2. The second-order valence-electron chi connectivity index (χ2n) is 12.1. The van der Waals surface area contributed by atoms with Crippen LogP contribution in [0.1, 0.15) is 19.4 Å². The van der Waals surface area contributed by atoms with Crippen molar-refractivity contribution < 1.29 is 32.5 Å². The van der Waals surface area contributed by atoms with E-state index in [1.807, 2.05) is 13.8 Å². The van der Waals surface area contributed by atoms with Gasteiger partial charge in [0, 0.05) is 57.7 Å². The Kier molecular flexibility index (Phi) is 10.6. The van der Waals surface area contributed by atoms with Crippen LogP contribution in [-0.2, 0) is 16.2 Å². The maximum Gasteiger partial charge on any atom is 0.319 e. The van der Waals surface area contributed by atoms with Crippen LogP contribution in [0.3, 0.4) is 0 Å². The second-order valence-corrected chi connectivity index (χ2v) is 15.0. The van der Waals surface area contributed by atoms with Crippen molar-refractivity contribution in [2.24, 2.45) is 5.41 Å². The minimum Gasteiger partial charge on any atom is -0.490 e. The zero-order valence-corrected chi connectivity index (χ0v) is 28.0. The SMILES string of the molecule is CC(C)Oc1ccc(-c2cn(COCC[Si](C)C)c3nccc(Oc4c(F)cc(NC(=O)NCC5(C#N)COC5)cc4F)c23)cc1C#N. The average Bonchev–Trinajstić information content (AvgIpc) is 3.40. The van der Waals surface area contributed by atoms with Crippen LogP contribution in [0.15, 0.2) is 48.8 Å². The van der Waals surface area contributed by atoms with E-state index in [1.165, 1.54) is 12.3 Å². The molecule has 0 atom stereocenters. The number of benzene rings is 2. The van der Waals surface area contributed by atoms with E-state index in [0.717, 1.165) is 18.2 Å². The maximum absolute atomic E-state index is 15.4. The highest BCUT2D eigenvalue weighted by molar-refractivity contribution is 6.55. The largest absolute Gasteiger partial charge is 0.490 e. The first-order chi connectivity index (χ1) is 23.0. The van der Waals surface area contributed by atoms with Crippen molar-refractivity contribution in [3.63, 3.8) is 0 Å². The molecule has 1 saturated heterocycles. The van der Waals surface area contributed by atoms with Crippen LogP contribution in [0.4, 0.5) is 19.3 Å². The number of pyridine rings is 1. The molecule has 11 nitrogen and oxygen atoms in total. The Hall–Kier alpha value is -5.02. The highest BCUT2D eigenvalue weighted by Gasteiger charge is 2.39. The van der Waals surface area contributed by atoms with Crippen LogP contribution in [0.2, 0.25) is 19.1 Å². The van der Waals surface area contributed by atoms with Crippen molar-refractivity contribution in [3.05, 3.63) is 66.0 Å². The Morgan fingerprint density at radius 1 is 1.15 bits per heavy atom. The van der Waals surface area contributed by atoms with Gasteiger partial charge in [0.2, 0.25) is 0 Å². The topological polar surface area (TPSA) is 143 Å². The van der Waals surface area contributed by atoms with Gasteiger partial charge in [0.05, 0.1) is 36.3 Å². The molecule has 0 spiro atoms. The van der Waals surface area contributed by atoms with Crippen molar-refractivity contribution in [2.75, 3.05) is 31.7 Å². The first kappa shape index (κ1) is 34.3. The van der Waals surface area contributed by atoms with Gasteiger partial charge in [-0.1, -0.05) is 19.2 Å². The molecule has 2 aromatic heterocycles. The summed E-state index contributed by atoms with van der Waals surface area (Å²) in [5, 5.41) is 24.5. The minimum atomic E-state index is -1.06. The molecule has 14 heteroatoms. The molecule has 0 bridgehead atoms. The number of urea groups is 1. The molecule has 0 unspecified atom stereocenters. The van der Waals surface area contributed by atoms with Gasteiger partial charge in [0.15, 0.2) is 17.4 Å². The Morgan fingerprint density at radius 2 is 1.90 bits per heavy atom. The number of ether oxygens (including phenoxy) is 4. The van der Waals surface area contributed by atoms with Gasteiger partial charge >= 0.3 is 6.03 Å². The summed E-state index contributed by atoms with van der Waals surface area (Å²) in [4.78, 5) is 16.9. The molecule has 2 amide bonds. The molecule has 1 radical (unpaired) electrons. The molecule has 2 aromatic carbocycles.